The van der Waals surface area contributed by atoms with E-state index >= 15 is 0 Å². The van der Waals surface area contributed by atoms with Gasteiger partial charge in [-0.3, -0.25) is 4.79 Å². The summed E-state index contributed by atoms with van der Waals surface area (Å²) in [5, 5.41) is 14.8. The summed E-state index contributed by atoms with van der Waals surface area (Å²) in [6.07, 6.45) is 0. The number of halogens is 1. The molecular weight excluding hydrogens is 284 g/mol. The van der Waals surface area contributed by atoms with Gasteiger partial charge < -0.3 is 15.7 Å². The summed E-state index contributed by atoms with van der Waals surface area (Å²) < 4.78 is 0.842. The number of amides is 1. The Balaban J connectivity index is 2.48. The molecule has 0 aliphatic carbocycles. The van der Waals surface area contributed by atoms with Crippen molar-refractivity contribution in [1.29, 1.82) is 0 Å². The van der Waals surface area contributed by atoms with Crippen LogP contribution in [0.15, 0.2) is 28.7 Å². The minimum Gasteiger partial charge on any atom is -0.394 e. The predicted octanol–water partition coefficient (Wildman–Crippen LogP) is 1.75. The number of benzene rings is 1. The second-order valence-corrected chi connectivity index (χ2v) is 5.28. The number of rotatable bonds is 5. The molecule has 1 aromatic rings. The molecule has 0 saturated carbocycles. The Morgan fingerprint density at radius 3 is 2.65 bits per heavy atom. The van der Waals surface area contributed by atoms with E-state index in [2.05, 4.69) is 26.6 Å². The third-order valence-corrected chi connectivity index (χ3v) is 2.96. The number of para-hydroxylation sites is 1. The Morgan fingerprint density at radius 2 is 2.06 bits per heavy atom. The molecule has 0 unspecified atom stereocenters. The molecule has 0 spiro atoms. The second-order valence-electron chi connectivity index (χ2n) is 4.42. The van der Waals surface area contributed by atoms with Crippen molar-refractivity contribution in [3.8, 4) is 0 Å². The highest BCUT2D eigenvalue weighted by Crippen LogP contribution is 2.20. The van der Waals surface area contributed by atoms with Crippen LogP contribution in [0.3, 0.4) is 0 Å². The number of anilines is 1. The first-order valence-corrected chi connectivity index (χ1v) is 6.14. The van der Waals surface area contributed by atoms with E-state index in [9.17, 15) is 4.79 Å². The van der Waals surface area contributed by atoms with Gasteiger partial charge in [0.05, 0.1) is 18.8 Å². The minimum atomic E-state index is -0.453. The van der Waals surface area contributed by atoms with Crippen LogP contribution >= 0.6 is 15.9 Å². The molecule has 0 aromatic heterocycles. The van der Waals surface area contributed by atoms with E-state index in [1.807, 2.05) is 38.1 Å². The molecular formula is C12H17BrN2O2. The van der Waals surface area contributed by atoms with E-state index < -0.39 is 5.54 Å². The number of aliphatic hydroxyl groups excluding tert-OH is 1. The number of aliphatic hydroxyl groups is 1. The fourth-order valence-corrected chi connectivity index (χ4v) is 1.52. The van der Waals surface area contributed by atoms with Crippen molar-refractivity contribution in [1.82, 2.24) is 5.32 Å². The monoisotopic (exact) mass is 300 g/mol. The lowest BCUT2D eigenvalue weighted by Crippen LogP contribution is -2.46. The normalized spacial score (nSPS) is 11.3. The molecule has 0 fully saturated rings. The highest BCUT2D eigenvalue weighted by Gasteiger charge is 2.16. The van der Waals surface area contributed by atoms with Gasteiger partial charge in [-0.05, 0) is 41.9 Å². The Hall–Kier alpha value is -0.910. The van der Waals surface area contributed by atoms with Gasteiger partial charge in [0.1, 0.15) is 0 Å². The zero-order chi connectivity index (χ0) is 12.9. The quantitative estimate of drug-likeness (QED) is 0.776. The van der Waals surface area contributed by atoms with Crippen molar-refractivity contribution in [3.05, 3.63) is 28.7 Å². The van der Waals surface area contributed by atoms with Crippen LogP contribution in [0.1, 0.15) is 13.8 Å². The topological polar surface area (TPSA) is 61.4 Å². The Labute approximate surface area is 110 Å². The smallest absolute Gasteiger partial charge is 0.238 e. The van der Waals surface area contributed by atoms with Crippen molar-refractivity contribution < 1.29 is 9.90 Å². The van der Waals surface area contributed by atoms with Gasteiger partial charge in [-0.2, -0.15) is 0 Å². The SMILES string of the molecule is CC(C)(CO)NCC(=O)Nc1ccccc1Br. The first-order chi connectivity index (χ1) is 7.94. The average molecular weight is 301 g/mol. The summed E-state index contributed by atoms with van der Waals surface area (Å²) in [5.74, 6) is -0.140. The average Bonchev–Trinajstić information content (AvgIpc) is 2.30. The van der Waals surface area contributed by atoms with Crippen LogP contribution in [0.2, 0.25) is 0 Å². The van der Waals surface area contributed by atoms with Crippen LogP contribution in [-0.4, -0.2) is 29.7 Å². The van der Waals surface area contributed by atoms with Crippen LogP contribution in [-0.2, 0) is 4.79 Å². The fraction of sp³-hybridized carbons (Fsp3) is 0.417. The van der Waals surface area contributed by atoms with Crippen molar-refractivity contribution in [3.63, 3.8) is 0 Å². The van der Waals surface area contributed by atoms with Crippen LogP contribution in [0.25, 0.3) is 0 Å². The van der Waals surface area contributed by atoms with Gasteiger partial charge in [0.15, 0.2) is 0 Å². The van der Waals surface area contributed by atoms with E-state index in [-0.39, 0.29) is 19.1 Å². The molecule has 17 heavy (non-hydrogen) atoms. The maximum Gasteiger partial charge on any atom is 0.238 e. The van der Waals surface area contributed by atoms with Gasteiger partial charge in [-0.1, -0.05) is 12.1 Å². The molecule has 0 heterocycles. The van der Waals surface area contributed by atoms with Crippen molar-refractivity contribution in [2.75, 3.05) is 18.5 Å². The van der Waals surface area contributed by atoms with Gasteiger partial charge in [0.2, 0.25) is 5.91 Å². The van der Waals surface area contributed by atoms with Gasteiger partial charge >= 0.3 is 0 Å². The number of nitrogens with one attached hydrogen (secondary N) is 2. The number of carbonyl (C=O) groups excluding carboxylic acids is 1. The first kappa shape index (κ1) is 14.2. The van der Waals surface area contributed by atoms with E-state index in [0.29, 0.717) is 0 Å². The van der Waals surface area contributed by atoms with Gasteiger partial charge in [0.25, 0.3) is 0 Å². The Bertz CT molecular complexity index is 394. The number of hydrogen-bond donors (Lipinski definition) is 3. The molecule has 1 rings (SSSR count). The standard InChI is InChI=1S/C12H17BrN2O2/c1-12(2,8-16)14-7-11(17)15-10-6-4-3-5-9(10)13/h3-6,14,16H,7-8H2,1-2H3,(H,15,17). The molecule has 94 valence electrons. The first-order valence-electron chi connectivity index (χ1n) is 5.35. The summed E-state index contributed by atoms with van der Waals surface area (Å²) in [6, 6.07) is 7.41. The lowest BCUT2D eigenvalue weighted by Gasteiger charge is -2.23. The Kier molecular flexibility index (Phi) is 5.11. The second kappa shape index (κ2) is 6.14. The number of hydrogen-bond acceptors (Lipinski definition) is 3. The molecule has 0 radical (unpaired) electrons. The van der Waals surface area contributed by atoms with Crippen LogP contribution < -0.4 is 10.6 Å². The van der Waals surface area contributed by atoms with Gasteiger partial charge in [-0.15, -0.1) is 0 Å². The van der Waals surface area contributed by atoms with Crippen LogP contribution in [0, 0.1) is 0 Å². The lowest BCUT2D eigenvalue weighted by atomic mass is 10.1. The van der Waals surface area contributed by atoms with Crippen LogP contribution in [0.5, 0.6) is 0 Å². The zero-order valence-electron chi connectivity index (χ0n) is 9.96. The maximum absolute atomic E-state index is 11.7. The molecule has 0 aliphatic rings. The van der Waals surface area contributed by atoms with E-state index in [4.69, 9.17) is 5.11 Å². The molecule has 4 nitrogen and oxygen atoms in total. The molecule has 3 N–H and O–H groups in total. The third-order valence-electron chi connectivity index (χ3n) is 2.27. The molecule has 0 saturated heterocycles. The molecule has 5 heteroatoms. The van der Waals surface area contributed by atoms with Gasteiger partial charge in [0, 0.05) is 10.0 Å². The van der Waals surface area contributed by atoms with Crippen LogP contribution in [0.4, 0.5) is 5.69 Å². The van der Waals surface area contributed by atoms with Crippen molar-refractivity contribution in [2.24, 2.45) is 0 Å². The molecule has 0 atom stereocenters. The number of carbonyl (C=O) groups is 1. The largest absolute Gasteiger partial charge is 0.394 e. The summed E-state index contributed by atoms with van der Waals surface area (Å²) in [7, 11) is 0. The van der Waals surface area contributed by atoms with Crippen molar-refractivity contribution in [2.45, 2.75) is 19.4 Å². The van der Waals surface area contributed by atoms with Crippen molar-refractivity contribution >= 4 is 27.5 Å². The molecule has 1 amide bonds. The van der Waals surface area contributed by atoms with E-state index in [1.54, 1.807) is 0 Å². The summed E-state index contributed by atoms with van der Waals surface area (Å²) in [5.41, 5.74) is 0.284. The van der Waals surface area contributed by atoms with Gasteiger partial charge in [-0.25, -0.2) is 0 Å². The molecule has 0 bridgehead atoms. The zero-order valence-corrected chi connectivity index (χ0v) is 11.5. The molecule has 1 aromatic carbocycles. The highest BCUT2D eigenvalue weighted by molar-refractivity contribution is 9.10. The van der Waals surface area contributed by atoms with E-state index in [1.165, 1.54) is 0 Å². The molecule has 0 aliphatic heterocycles. The van der Waals surface area contributed by atoms with E-state index in [0.717, 1.165) is 10.2 Å². The summed E-state index contributed by atoms with van der Waals surface area (Å²) in [4.78, 5) is 11.7. The minimum absolute atomic E-state index is 0.0185. The highest BCUT2D eigenvalue weighted by atomic mass is 79.9. The predicted molar refractivity (Wildman–Crippen MR) is 71.9 cm³/mol. The maximum atomic E-state index is 11.7. The Morgan fingerprint density at radius 1 is 1.41 bits per heavy atom. The summed E-state index contributed by atoms with van der Waals surface area (Å²) in [6.45, 7) is 3.81. The lowest BCUT2D eigenvalue weighted by molar-refractivity contribution is -0.115. The summed E-state index contributed by atoms with van der Waals surface area (Å²) >= 11 is 3.35. The third kappa shape index (κ3) is 4.85. The fourth-order valence-electron chi connectivity index (χ4n) is 1.13.